The number of aryl methyl sites for hydroxylation is 2. The van der Waals surface area contributed by atoms with Crippen LogP contribution in [0.25, 0.3) is 11.2 Å². The Hall–Kier alpha value is -2.39. The molecule has 29 heavy (non-hydrogen) atoms. The molecule has 0 saturated heterocycles. The van der Waals surface area contributed by atoms with E-state index < -0.39 is 23.6 Å². The monoisotopic (exact) mass is 482 g/mol. The fourth-order valence-corrected chi connectivity index (χ4v) is 3.43. The number of benzene rings is 1. The van der Waals surface area contributed by atoms with Crippen LogP contribution in [0.3, 0.4) is 0 Å². The zero-order chi connectivity index (χ0) is 21.5. The van der Waals surface area contributed by atoms with Gasteiger partial charge in [0, 0.05) is 17.9 Å². The SMILES string of the molecule is Cn1c(=O)n(CC(=O)c2ccccc2O)c(=O)c2c1nc(Cl)n2CCC(C)(C)Br. The minimum Gasteiger partial charge on any atom is -0.507 e. The molecule has 0 bridgehead atoms. The van der Waals surface area contributed by atoms with E-state index in [2.05, 4.69) is 20.9 Å². The zero-order valence-electron chi connectivity index (χ0n) is 16.1. The van der Waals surface area contributed by atoms with Crippen LogP contribution in [0, 0.1) is 0 Å². The summed E-state index contributed by atoms with van der Waals surface area (Å²) in [5, 5.41) is 9.98. The molecule has 2 aromatic heterocycles. The average Bonchev–Trinajstić information content (AvgIpc) is 2.98. The smallest absolute Gasteiger partial charge is 0.332 e. The average molecular weight is 484 g/mol. The molecular weight excluding hydrogens is 464 g/mol. The number of carbonyl (C=O) groups is 1. The number of fused-ring (bicyclic) bond motifs is 1. The summed E-state index contributed by atoms with van der Waals surface area (Å²) in [5.41, 5.74) is -0.997. The molecule has 1 N–H and O–H groups in total. The lowest BCUT2D eigenvalue weighted by molar-refractivity contribution is 0.0966. The van der Waals surface area contributed by atoms with Crippen molar-refractivity contribution in [1.82, 2.24) is 18.7 Å². The topological polar surface area (TPSA) is 99.1 Å². The molecule has 154 valence electrons. The largest absolute Gasteiger partial charge is 0.507 e. The first-order valence-electron chi connectivity index (χ1n) is 8.87. The van der Waals surface area contributed by atoms with Crippen molar-refractivity contribution >= 4 is 44.5 Å². The fraction of sp³-hybridized carbons (Fsp3) is 0.368. The molecule has 0 spiro atoms. The van der Waals surface area contributed by atoms with Gasteiger partial charge >= 0.3 is 5.69 Å². The van der Waals surface area contributed by atoms with Gasteiger partial charge in [-0.05, 0) is 44.0 Å². The summed E-state index contributed by atoms with van der Waals surface area (Å²) in [6.07, 6.45) is 0.650. The molecule has 8 nitrogen and oxygen atoms in total. The molecule has 0 radical (unpaired) electrons. The Morgan fingerprint density at radius 3 is 2.52 bits per heavy atom. The standard InChI is InChI=1S/C19H20BrClN4O4/c1-19(2,20)8-9-24-14-15(22-17(24)21)23(3)18(29)25(16(14)28)10-13(27)11-6-4-5-7-12(11)26/h4-7,26H,8-10H2,1-3H3. The van der Waals surface area contributed by atoms with E-state index in [9.17, 15) is 19.5 Å². The predicted molar refractivity (Wildman–Crippen MR) is 114 cm³/mol. The van der Waals surface area contributed by atoms with Crippen molar-refractivity contribution in [2.75, 3.05) is 0 Å². The number of alkyl halides is 1. The summed E-state index contributed by atoms with van der Waals surface area (Å²) in [6, 6.07) is 5.97. The van der Waals surface area contributed by atoms with E-state index in [0.717, 1.165) is 4.57 Å². The van der Waals surface area contributed by atoms with Crippen molar-refractivity contribution < 1.29 is 9.90 Å². The molecule has 3 rings (SSSR count). The van der Waals surface area contributed by atoms with Gasteiger partial charge in [-0.25, -0.2) is 4.79 Å². The van der Waals surface area contributed by atoms with E-state index in [4.69, 9.17) is 11.6 Å². The van der Waals surface area contributed by atoms with Gasteiger partial charge in [-0.15, -0.1) is 0 Å². The highest BCUT2D eigenvalue weighted by molar-refractivity contribution is 9.10. The van der Waals surface area contributed by atoms with Crippen LogP contribution in [0.2, 0.25) is 5.28 Å². The maximum atomic E-state index is 13.1. The van der Waals surface area contributed by atoms with Crippen molar-refractivity contribution in [3.63, 3.8) is 0 Å². The van der Waals surface area contributed by atoms with Crippen molar-refractivity contribution in [3.8, 4) is 5.75 Å². The summed E-state index contributed by atoms with van der Waals surface area (Å²) in [5.74, 6) is -0.767. The van der Waals surface area contributed by atoms with Crippen LogP contribution >= 0.6 is 27.5 Å². The minimum atomic E-state index is -0.687. The number of hydrogen-bond acceptors (Lipinski definition) is 5. The molecule has 3 aromatic rings. The van der Waals surface area contributed by atoms with Crippen molar-refractivity contribution in [2.45, 2.75) is 37.7 Å². The first-order valence-corrected chi connectivity index (χ1v) is 10.0. The molecule has 0 fully saturated rings. The number of phenols is 1. The van der Waals surface area contributed by atoms with E-state index in [1.54, 1.807) is 16.7 Å². The Kier molecular flexibility index (Phi) is 5.73. The van der Waals surface area contributed by atoms with Crippen LogP contribution in [0.1, 0.15) is 30.6 Å². The van der Waals surface area contributed by atoms with Crippen LogP contribution in [0.15, 0.2) is 33.9 Å². The lowest BCUT2D eigenvalue weighted by Gasteiger charge is -2.17. The number of aromatic nitrogens is 4. The van der Waals surface area contributed by atoms with Crippen molar-refractivity contribution in [2.24, 2.45) is 7.05 Å². The number of ketones is 1. The minimum absolute atomic E-state index is 0.0362. The Bertz CT molecular complexity index is 1220. The Labute approximate surface area is 179 Å². The molecule has 0 aliphatic carbocycles. The van der Waals surface area contributed by atoms with E-state index in [0.29, 0.717) is 13.0 Å². The van der Waals surface area contributed by atoms with Gasteiger partial charge in [-0.2, -0.15) is 4.98 Å². The maximum absolute atomic E-state index is 13.1. The van der Waals surface area contributed by atoms with Gasteiger partial charge in [0.2, 0.25) is 5.28 Å². The fourth-order valence-electron chi connectivity index (χ4n) is 3.00. The lowest BCUT2D eigenvalue weighted by Crippen LogP contribution is -2.41. The summed E-state index contributed by atoms with van der Waals surface area (Å²) < 4.78 is 3.39. The molecule has 0 atom stereocenters. The number of hydrogen-bond donors (Lipinski definition) is 1. The molecule has 1 aromatic carbocycles. The maximum Gasteiger partial charge on any atom is 0.332 e. The van der Waals surface area contributed by atoms with Crippen LogP contribution in [0.4, 0.5) is 0 Å². The van der Waals surface area contributed by atoms with Gasteiger partial charge in [0.1, 0.15) is 5.75 Å². The first-order chi connectivity index (χ1) is 13.5. The summed E-state index contributed by atoms with van der Waals surface area (Å²) in [7, 11) is 1.47. The summed E-state index contributed by atoms with van der Waals surface area (Å²) in [4.78, 5) is 42.6. The lowest BCUT2D eigenvalue weighted by atomic mass is 10.1. The van der Waals surface area contributed by atoms with E-state index in [1.807, 2.05) is 13.8 Å². The molecule has 0 aliphatic rings. The van der Waals surface area contributed by atoms with Crippen LogP contribution in [0.5, 0.6) is 5.75 Å². The summed E-state index contributed by atoms with van der Waals surface area (Å²) >= 11 is 9.79. The Morgan fingerprint density at radius 2 is 1.90 bits per heavy atom. The molecule has 0 aliphatic heterocycles. The van der Waals surface area contributed by atoms with Gasteiger partial charge in [-0.1, -0.05) is 28.1 Å². The molecular formula is C19H20BrClN4O4. The second kappa shape index (κ2) is 7.79. The molecule has 0 amide bonds. The third-order valence-electron chi connectivity index (χ3n) is 4.62. The van der Waals surface area contributed by atoms with Gasteiger partial charge < -0.3 is 9.67 Å². The second-order valence-electron chi connectivity index (χ2n) is 7.35. The summed E-state index contributed by atoms with van der Waals surface area (Å²) in [6.45, 7) is 3.86. The quantitative estimate of drug-likeness (QED) is 0.330. The number of Topliss-reactive ketones (excluding diaryl/α,β-unsaturated/α-hetero) is 1. The van der Waals surface area contributed by atoms with Crippen LogP contribution in [-0.2, 0) is 20.1 Å². The Morgan fingerprint density at radius 1 is 1.24 bits per heavy atom. The van der Waals surface area contributed by atoms with Crippen molar-refractivity contribution in [1.29, 1.82) is 0 Å². The van der Waals surface area contributed by atoms with Gasteiger partial charge in [0.15, 0.2) is 16.9 Å². The van der Waals surface area contributed by atoms with Gasteiger partial charge in [-0.3, -0.25) is 18.7 Å². The van der Waals surface area contributed by atoms with E-state index in [-0.39, 0.29) is 32.1 Å². The van der Waals surface area contributed by atoms with Crippen LogP contribution in [-0.4, -0.2) is 33.9 Å². The highest BCUT2D eigenvalue weighted by Gasteiger charge is 2.23. The first kappa shape index (κ1) is 21.3. The number of nitrogens with zero attached hydrogens (tertiary/aromatic N) is 4. The van der Waals surface area contributed by atoms with Crippen LogP contribution < -0.4 is 11.2 Å². The third kappa shape index (κ3) is 4.16. The second-order valence-corrected chi connectivity index (χ2v) is 9.83. The zero-order valence-corrected chi connectivity index (χ0v) is 18.5. The van der Waals surface area contributed by atoms with E-state index in [1.165, 1.54) is 23.7 Å². The third-order valence-corrected chi connectivity index (χ3v) is 5.31. The van der Waals surface area contributed by atoms with Crippen molar-refractivity contribution in [3.05, 3.63) is 56.0 Å². The van der Waals surface area contributed by atoms with Gasteiger partial charge in [0.05, 0.1) is 12.1 Å². The molecule has 0 unspecified atom stereocenters. The highest BCUT2D eigenvalue weighted by atomic mass is 79.9. The number of carbonyl (C=O) groups excluding carboxylic acids is 1. The normalized spacial score (nSPS) is 11.9. The van der Waals surface area contributed by atoms with Gasteiger partial charge in [0.25, 0.3) is 5.56 Å². The van der Waals surface area contributed by atoms with E-state index >= 15 is 0 Å². The number of aromatic hydroxyl groups is 1. The number of rotatable bonds is 6. The molecule has 10 heteroatoms. The number of imidazole rings is 1. The predicted octanol–water partition coefficient (Wildman–Crippen LogP) is 2.70. The highest BCUT2D eigenvalue weighted by Crippen LogP contribution is 2.24. The molecule has 2 heterocycles. The number of para-hydroxylation sites is 1. The Balaban J connectivity index is 2.14. The number of halogens is 2. The number of phenolic OH excluding ortho intramolecular Hbond substituents is 1. The molecule has 0 saturated carbocycles.